The van der Waals surface area contributed by atoms with E-state index in [4.69, 9.17) is 9.47 Å². The van der Waals surface area contributed by atoms with E-state index in [1.807, 2.05) is 0 Å². The van der Waals surface area contributed by atoms with Crippen molar-refractivity contribution < 1.29 is 38.9 Å². The van der Waals surface area contributed by atoms with Crippen LogP contribution in [0.5, 0.6) is 23.0 Å². The maximum absolute atomic E-state index is 12.6. The summed E-state index contributed by atoms with van der Waals surface area (Å²) in [5, 5.41) is 23.3. The van der Waals surface area contributed by atoms with Crippen molar-refractivity contribution in [3.05, 3.63) is 71.8 Å². The van der Waals surface area contributed by atoms with E-state index in [0.29, 0.717) is 29.2 Å². The summed E-state index contributed by atoms with van der Waals surface area (Å²) in [4.78, 5) is 48.3. The number of phenols is 1. The van der Waals surface area contributed by atoms with E-state index in [2.05, 4.69) is 10.6 Å². The number of carboxylic acid groups (broad SMARTS) is 1. The van der Waals surface area contributed by atoms with Crippen LogP contribution >= 0.6 is 11.8 Å². The van der Waals surface area contributed by atoms with Crippen LogP contribution in [0, 0.1) is 6.92 Å². The molecule has 0 aliphatic carbocycles. The van der Waals surface area contributed by atoms with E-state index >= 15 is 0 Å². The minimum absolute atomic E-state index is 0.125. The second kappa shape index (κ2) is 11.8. The Morgan fingerprint density at radius 2 is 1.69 bits per heavy atom. The normalized spacial score (nSPS) is 14.5. The zero-order valence-electron chi connectivity index (χ0n) is 21.0. The van der Waals surface area contributed by atoms with Gasteiger partial charge in [-0.1, -0.05) is 23.9 Å². The molecular weight excluding hydrogens is 526 g/mol. The number of rotatable bonds is 9. The molecule has 4 amide bonds. The van der Waals surface area contributed by atoms with Crippen LogP contribution in [0.2, 0.25) is 0 Å². The van der Waals surface area contributed by atoms with Crippen LogP contribution in [0.4, 0.5) is 21.0 Å². The van der Waals surface area contributed by atoms with Crippen molar-refractivity contribution >= 4 is 46.3 Å². The summed E-state index contributed by atoms with van der Waals surface area (Å²) < 4.78 is 11.4. The lowest BCUT2D eigenvalue weighted by Gasteiger charge is -2.19. The molecule has 0 aromatic heterocycles. The number of amides is 4. The lowest BCUT2D eigenvalue weighted by atomic mass is 10.1. The van der Waals surface area contributed by atoms with Crippen LogP contribution in [-0.2, 0) is 16.0 Å². The fourth-order valence-corrected chi connectivity index (χ4v) is 4.55. The fourth-order valence-electron chi connectivity index (χ4n) is 3.69. The highest BCUT2D eigenvalue weighted by Gasteiger charge is 2.31. The van der Waals surface area contributed by atoms with Crippen LogP contribution < -0.4 is 25.0 Å². The third-order valence-corrected chi connectivity index (χ3v) is 6.76. The standard InChI is InChI=1S/C27H25N3O8S/c1-15-11-18(8-10-22(15)31)38-19-7-9-20(21(13-19)30(2)27(35)36)28-24(32)14-37-17-5-3-16(4-6-17)12-23-25(33)29-26(34)39-23/h3-11,13,23,31H,12,14H2,1-2H3,(H,28,32)(H,35,36)(H,29,33,34). The second-order valence-electron chi connectivity index (χ2n) is 8.64. The van der Waals surface area contributed by atoms with Gasteiger partial charge in [0.1, 0.15) is 23.0 Å². The van der Waals surface area contributed by atoms with E-state index in [1.54, 1.807) is 49.4 Å². The molecule has 4 N–H and O–H groups in total. The number of thioether (sulfide) groups is 1. The molecule has 1 fully saturated rings. The number of aromatic hydroxyl groups is 1. The van der Waals surface area contributed by atoms with Crippen molar-refractivity contribution in [3.8, 4) is 23.0 Å². The van der Waals surface area contributed by atoms with Gasteiger partial charge >= 0.3 is 6.09 Å². The number of anilines is 2. The minimum Gasteiger partial charge on any atom is -0.508 e. The third kappa shape index (κ3) is 6.99. The predicted molar refractivity (Wildman–Crippen MR) is 145 cm³/mol. The molecule has 3 aromatic carbocycles. The highest BCUT2D eigenvalue weighted by atomic mass is 32.2. The molecule has 1 saturated heterocycles. The van der Waals surface area contributed by atoms with E-state index in [1.165, 1.54) is 25.2 Å². The Bertz CT molecular complexity index is 1430. The number of carbonyl (C=O) groups excluding carboxylic acids is 3. The molecule has 3 aromatic rings. The average molecular weight is 552 g/mol. The van der Waals surface area contributed by atoms with Crippen molar-refractivity contribution in [2.24, 2.45) is 0 Å². The molecule has 1 unspecified atom stereocenters. The third-order valence-electron chi connectivity index (χ3n) is 5.78. The molecule has 1 atom stereocenters. The minimum atomic E-state index is -1.24. The van der Waals surface area contributed by atoms with Gasteiger partial charge in [-0.3, -0.25) is 24.6 Å². The van der Waals surface area contributed by atoms with Crippen molar-refractivity contribution in [1.82, 2.24) is 5.32 Å². The number of phenolic OH excluding ortho intramolecular Hbond substituents is 1. The lowest BCUT2D eigenvalue weighted by Crippen LogP contribution is -2.27. The molecule has 12 heteroatoms. The van der Waals surface area contributed by atoms with Gasteiger partial charge in [0, 0.05) is 13.1 Å². The first-order valence-corrected chi connectivity index (χ1v) is 12.6. The highest BCUT2D eigenvalue weighted by molar-refractivity contribution is 8.15. The number of carbonyl (C=O) groups is 4. The van der Waals surface area contributed by atoms with Crippen LogP contribution in [-0.4, -0.2) is 52.3 Å². The van der Waals surface area contributed by atoms with Crippen molar-refractivity contribution in [3.63, 3.8) is 0 Å². The van der Waals surface area contributed by atoms with Crippen LogP contribution in [0.1, 0.15) is 11.1 Å². The summed E-state index contributed by atoms with van der Waals surface area (Å²) in [6, 6.07) is 16.1. The molecule has 202 valence electrons. The lowest BCUT2D eigenvalue weighted by molar-refractivity contribution is -0.119. The zero-order valence-corrected chi connectivity index (χ0v) is 21.8. The Morgan fingerprint density at radius 3 is 2.33 bits per heavy atom. The summed E-state index contributed by atoms with van der Waals surface area (Å²) in [6.45, 7) is 1.38. The number of hydrogen-bond donors (Lipinski definition) is 4. The molecule has 0 bridgehead atoms. The first-order chi connectivity index (χ1) is 18.6. The molecule has 1 heterocycles. The fraction of sp³-hybridized carbons (Fsp3) is 0.185. The van der Waals surface area contributed by atoms with Crippen LogP contribution in [0.25, 0.3) is 0 Å². The molecule has 0 spiro atoms. The molecule has 4 rings (SSSR count). The van der Waals surface area contributed by atoms with Gasteiger partial charge in [0.05, 0.1) is 16.6 Å². The van der Waals surface area contributed by atoms with Gasteiger partial charge in [-0.2, -0.15) is 0 Å². The Morgan fingerprint density at radius 1 is 1.03 bits per heavy atom. The monoisotopic (exact) mass is 551 g/mol. The van der Waals surface area contributed by atoms with Gasteiger partial charge in [-0.25, -0.2) is 4.79 Å². The molecule has 0 radical (unpaired) electrons. The summed E-state index contributed by atoms with van der Waals surface area (Å²) >= 11 is 0.954. The maximum Gasteiger partial charge on any atom is 0.411 e. The first-order valence-electron chi connectivity index (χ1n) is 11.7. The second-order valence-corrected chi connectivity index (χ2v) is 9.81. The van der Waals surface area contributed by atoms with Gasteiger partial charge < -0.3 is 25.0 Å². The van der Waals surface area contributed by atoms with E-state index in [-0.39, 0.29) is 34.9 Å². The van der Waals surface area contributed by atoms with E-state index in [9.17, 15) is 29.4 Å². The Balaban J connectivity index is 1.39. The van der Waals surface area contributed by atoms with E-state index < -0.39 is 17.3 Å². The molecule has 0 saturated carbocycles. The molecule has 1 aliphatic heterocycles. The zero-order chi connectivity index (χ0) is 28.1. The number of aryl methyl sites for hydroxylation is 1. The molecule has 11 nitrogen and oxygen atoms in total. The smallest absolute Gasteiger partial charge is 0.411 e. The topological polar surface area (TPSA) is 154 Å². The van der Waals surface area contributed by atoms with E-state index in [0.717, 1.165) is 22.2 Å². The largest absolute Gasteiger partial charge is 0.508 e. The van der Waals surface area contributed by atoms with Crippen molar-refractivity contribution in [2.45, 2.75) is 18.6 Å². The number of nitrogens with one attached hydrogen (secondary N) is 2. The highest BCUT2D eigenvalue weighted by Crippen LogP contribution is 2.33. The van der Waals surface area contributed by atoms with Crippen LogP contribution in [0.15, 0.2) is 60.7 Å². The number of imide groups is 1. The van der Waals surface area contributed by atoms with Crippen LogP contribution in [0.3, 0.4) is 0 Å². The molecular formula is C27H25N3O8S. The Hall–Kier alpha value is -4.71. The quantitative estimate of drug-likeness (QED) is 0.300. The maximum atomic E-state index is 12.6. The van der Waals surface area contributed by atoms with Gasteiger partial charge in [0.15, 0.2) is 6.61 Å². The first kappa shape index (κ1) is 27.3. The van der Waals surface area contributed by atoms with Gasteiger partial charge in [-0.05, 0) is 66.9 Å². The average Bonchev–Trinajstić information content (AvgIpc) is 3.22. The van der Waals surface area contributed by atoms with Gasteiger partial charge in [0.2, 0.25) is 5.91 Å². The molecule has 39 heavy (non-hydrogen) atoms. The van der Waals surface area contributed by atoms with Crippen molar-refractivity contribution in [2.75, 3.05) is 23.9 Å². The SMILES string of the molecule is Cc1cc(Oc2ccc(NC(=O)COc3ccc(CC4SC(=O)NC4=O)cc3)c(N(C)C(=O)O)c2)ccc1O. The summed E-state index contributed by atoms with van der Waals surface area (Å²) in [7, 11) is 1.34. The van der Waals surface area contributed by atoms with Gasteiger partial charge in [-0.15, -0.1) is 0 Å². The number of nitrogens with zero attached hydrogens (tertiary/aromatic N) is 1. The summed E-state index contributed by atoms with van der Waals surface area (Å²) in [5.74, 6) is 0.494. The van der Waals surface area contributed by atoms with Crippen molar-refractivity contribution in [1.29, 1.82) is 0 Å². The molecule has 1 aliphatic rings. The number of benzene rings is 3. The Kier molecular flexibility index (Phi) is 8.25. The Labute approximate surface area is 227 Å². The summed E-state index contributed by atoms with van der Waals surface area (Å²) in [6.07, 6.45) is -0.855. The number of hydrogen-bond acceptors (Lipinski definition) is 8. The number of ether oxygens (including phenoxy) is 2. The predicted octanol–water partition coefficient (Wildman–Crippen LogP) is 4.52. The summed E-state index contributed by atoms with van der Waals surface area (Å²) in [5.41, 5.74) is 1.87. The van der Waals surface area contributed by atoms with Gasteiger partial charge in [0.25, 0.3) is 11.1 Å².